The van der Waals surface area contributed by atoms with Crippen LogP contribution < -0.4 is 0 Å². The standard InChI is InChI=1S/C16H17ClN2O2/c1-9-3-5-14-12(7-9)15(16(20)21)18-19(14)13-6-4-11(17)8-10(13)2/h4,6,8-9H,3,5,7H2,1-2H3,(H,20,21). The Morgan fingerprint density at radius 1 is 1.48 bits per heavy atom. The number of aromatic carboxylic acids is 1. The summed E-state index contributed by atoms with van der Waals surface area (Å²) >= 11 is 6.00. The first kappa shape index (κ1) is 14.1. The summed E-state index contributed by atoms with van der Waals surface area (Å²) in [5.74, 6) is -0.453. The molecule has 4 nitrogen and oxygen atoms in total. The van der Waals surface area contributed by atoms with Gasteiger partial charge in [0, 0.05) is 16.3 Å². The van der Waals surface area contributed by atoms with Crippen molar-refractivity contribution in [3.8, 4) is 5.69 Å². The molecule has 0 fully saturated rings. The number of carbonyl (C=O) groups is 1. The molecule has 5 heteroatoms. The zero-order chi connectivity index (χ0) is 15.1. The Morgan fingerprint density at radius 2 is 2.24 bits per heavy atom. The van der Waals surface area contributed by atoms with E-state index in [1.54, 1.807) is 4.68 Å². The van der Waals surface area contributed by atoms with Crippen molar-refractivity contribution in [1.29, 1.82) is 0 Å². The molecule has 0 spiro atoms. The van der Waals surface area contributed by atoms with Gasteiger partial charge in [0.1, 0.15) is 0 Å². The van der Waals surface area contributed by atoms with Crippen LogP contribution in [0.1, 0.15) is 40.7 Å². The van der Waals surface area contributed by atoms with Crippen molar-refractivity contribution < 1.29 is 9.90 Å². The van der Waals surface area contributed by atoms with E-state index < -0.39 is 5.97 Å². The van der Waals surface area contributed by atoms with Crippen LogP contribution in [0.3, 0.4) is 0 Å². The molecule has 3 rings (SSSR count). The Hall–Kier alpha value is -1.81. The molecule has 0 bridgehead atoms. The maximum Gasteiger partial charge on any atom is 0.356 e. The SMILES string of the molecule is Cc1cc(Cl)ccc1-n1nc(C(=O)O)c2c1CCC(C)C2. The number of aromatic nitrogens is 2. The van der Waals surface area contributed by atoms with Crippen LogP contribution in [0.4, 0.5) is 0 Å². The molecule has 21 heavy (non-hydrogen) atoms. The lowest BCUT2D eigenvalue weighted by Crippen LogP contribution is -2.15. The Morgan fingerprint density at radius 3 is 2.90 bits per heavy atom. The highest BCUT2D eigenvalue weighted by Crippen LogP contribution is 2.31. The lowest BCUT2D eigenvalue weighted by Gasteiger charge is -2.20. The van der Waals surface area contributed by atoms with Crippen molar-refractivity contribution in [3.05, 3.63) is 45.7 Å². The average molecular weight is 305 g/mol. The minimum atomic E-state index is -0.953. The summed E-state index contributed by atoms with van der Waals surface area (Å²) < 4.78 is 1.79. The first-order valence-electron chi connectivity index (χ1n) is 7.08. The third kappa shape index (κ3) is 2.44. The fourth-order valence-corrected chi connectivity index (χ4v) is 3.24. The maximum atomic E-state index is 11.5. The Kier molecular flexibility index (Phi) is 3.49. The molecule has 1 aliphatic carbocycles. The molecule has 0 saturated carbocycles. The summed E-state index contributed by atoms with van der Waals surface area (Å²) in [7, 11) is 0. The summed E-state index contributed by atoms with van der Waals surface area (Å²) in [5.41, 5.74) is 3.98. The van der Waals surface area contributed by atoms with Crippen LogP contribution in [0.15, 0.2) is 18.2 Å². The van der Waals surface area contributed by atoms with Crippen molar-refractivity contribution in [1.82, 2.24) is 9.78 Å². The van der Waals surface area contributed by atoms with Gasteiger partial charge in [-0.3, -0.25) is 0 Å². The molecule has 1 aromatic heterocycles. The van der Waals surface area contributed by atoms with Crippen molar-refractivity contribution in [3.63, 3.8) is 0 Å². The predicted molar refractivity (Wildman–Crippen MR) is 81.5 cm³/mol. The largest absolute Gasteiger partial charge is 0.476 e. The number of hydrogen-bond acceptors (Lipinski definition) is 2. The van der Waals surface area contributed by atoms with Gasteiger partial charge in [0.05, 0.1) is 5.69 Å². The maximum absolute atomic E-state index is 11.5. The van der Waals surface area contributed by atoms with E-state index in [9.17, 15) is 9.90 Å². The number of carboxylic acid groups (broad SMARTS) is 1. The smallest absolute Gasteiger partial charge is 0.356 e. The van der Waals surface area contributed by atoms with Crippen LogP contribution in [0.5, 0.6) is 0 Å². The van der Waals surface area contributed by atoms with Crippen molar-refractivity contribution in [2.24, 2.45) is 5.92 Å². The average Bonchev–Trinajstić information content (AvgIpc) is 2.77. The van der Waals surface area contributed by atoms with Crippen LogP contribution in [0, 0.1) is 12.8 Å². The molecule has 1 heterocycles. The van der Waals surface area contributed by atoms with E-state index in [0.29, 0.717) is 10.9 Å². The highest BCUT2D eigenvalue weighted by atomic mass is 35.5. The molecule has 1 aliphatic rings. The summed E-state index contributed by atoms with van der Waals surface area (Å²) in [6.07, 6.45) is 2.70. The highest BCUT2D eigenvalue weighted by molar-refractivity contribution is 6.30. The van der Waals surface area contributed by atoms with Gasteiger partial charge in [-0.1, -0.05) is 18.5 Å². The molecular formula is C16H17ClN2O2. The molecule has 0 aliphatic heterocycles. The number of aryl methyl sites for hydroxylation is 1. The van der Waals surface area contributed by atoms with Gasteiger partial charge in [-0.05, 0) is 55.9 Å². The number of hydrogen-bond donors (Lipinski definition) is 1. The summed E-state index contributed by atoms with van der Waals surface area (Å²) in [6.45, 7) is 4.11. The fraction of sp³-hybridized carbons (Fsp3) is 0.375. The lowest BCUT2D eigenvalue weighted by atomic mass is 9.87. The van der Waals surface area contributed by atoms with Crippen LogP contribution in [0.25, 0.3) is 5.69 Å². The number of benzene rings is 1. The van der Waals surface area contributed by atoms with E-state index in [0.717, 1.165) is 41.8 Å². The van der Waals surface area contributed by atoms with E-state index in [2.05, 4.69) is 12.0 Å². The molecule has 2 aromatic rings. The molecule has 1 aromatic carbocycles. The van der Waals surface area contributed by atoms with Gasteiger partial charge in [0.15, 0.2) is 5.69 Å². The quantitative estimate of drug-likeness (QED) is 0.921. The Bertz CT molecular complexity index is 721. The van der Waals surface area contributed by atoms with Crippen molar-refractivity contribution in [2.45, 2.75) is 33.1 Å². The monoisotopic (exact) mass is 304 g/mol. The number of rotatable bonds is 2. The van der Waals surface area contributed by atoms with E-state index in [-0.39, 0.29) is 5.69 Å². The predicted octanol–water partition coefficient (Wildman–Crippen LogP) is 3.66. The molecular weight excluding hydrogens is 288 g/mol. The van der Waals surface area contributed by atoms with Crippen molar-refractivity contribution >= 4 is 17.6 Å². The topological polar surface area (TPSA) is 55.1 Å². The first-order valence-corrected chi connectivity index (χ1v) is 7.45. The van der Waals surface area contributed by atoms with Gasteiger partial charge in [0.2, 0.25) is 0 Å². The van der Waals surface area contributed by atoms with Gasteiger partial charge < -0.3 is 5.11 Å². The third-order valence-corrected chi connectivity index (χ3v) is 4.34. The zero-order valence-electron chi connectivity index (χ0n) is 12.1. The first-order chi connectivity index (χ1) is 9.97. The molecule has 0 amide bonds. The second-order valence-corrected chi connectivity index (χ2v) is 6.21. The van der Waals surface area contributed by atoms with Crippen LogP contribution in [-0.2, 0) is 12.8 Å². The molecule has 1 N–H and O–H groups in total. The summed E-state index contributed by atoms with van der Waals surface area (Å²) in [4.78, 5) is 11.5. The molecule has 0 saturated heterocycles. The third-order valence-electron chi connectivity index (χ3n) is 4.11. The van der Waals surface area contributed by atoms with Gasteiger partial charge in [0.25, 0.3) is 0 Å². The second-order valence-electron chi connectivity index (χ2n) is 5.77. The number of carboxylic acids is 1. The van der Waals surface area contributed by atoms with Crippen LogP contribution in [-0.4, -0.2) is 20.9 Å². The van der Waals surface area contributed by atoms with Gasteiger partial charge >= 0.3 is 5.97 Å². The van der Waals surface area contributed by atoms with Gasteiger partial charge in [-0.2, -0.15) is 5.10 Å². The molecule has 1 atom stereocenters. The van der Waals surface area contributed by atoms with E-state index in [1.165, 1.54) is 0 Å². The Balaban J connectivity index is 2.19. The summed E-state index contributed by atoms with van der Waals surface area (Å²) in [6, 6.07) is 5.58. The van der Waals surface area contributed by atoms with Crippen LogP contribution >= 0.6 is 11.6 Å². The molecule has 0 radical (unpaired) electrons. The highest BCUT2D eigenvalue weighted by Gasteiger charge is 2.28. The van der Waals surface area contributed by atoms with E-state index >= 15 is 0 Å². The minimum absolute atomic E-state index is 0.186. The summed E-state index contributed by atoms with van der Waals surface area (Å²) in [5, 5.41) is 14.4. The number of fused-ring (bicyclic) bond motifs is 1. The van der Waals surface area contributed by atoms with Crippen molar-refractivity contribution in [2.75, 3.05) is 0 Å². The lowest BCUT2D eigenvalue weighted by molar-refractivity contribution is 0.0688. The number of halogens is 1. The van der Waals surface area contributed by atoms with E-state index in [4.69, 9.17) is 11.6 Å². The molecule has 110 valence electrons. The molecule has 1 unspecified atom stereocenters. The minimum Gasteiger partial charge on any atom is -0.476 e. The normalized spacial score (nSPS) is 17.6. The fourth-order valence-electron chi connectivity index (χ4n) is 3.02. The van der Waals surface area contributed by atoms with Gasteiger partial charge in [-0.25, -0.2) is 9.48 Å². The number of nitrogens with zero attached hydrogens (tertiary/aromatic N) is 2. The van der Waals surface area contributed by atoms with E-state index in [1.807, 2.05) is 25.1 Å². The Labute approximate surface area is 128 Å². The second kappa shape index (κ2) is 5.19. The van der Waals surface area contributed by atoms with Crippen LogP contribution in [0.2, 0.25) is 5.02 Å². The zero-order valence-corrected chi connectivity index (χ0v) is 12.8. The van der Waals surface area contributed by atoms with Gasteiger partial charge in [-0.15, -0.1) is 0 Å².